The molecule has 4 heteroatoms. The summed E-state index contributed by atoms with van der Waals surface area (Å²) >= 11 is 1.64. The molecule has 0 atom stereocenters. The number of nitrogens with zero attached hydrogens (tertiary/aromatic N) is 3. The fourth-order valence-electron chi connectivity index (χ4n) is 1.92. The van der Waals surface area contributed by atoms with Gasteiger partial charge in [-0.05, 0) is 11.1 Å². The predicted molar refractivity (Wildman–Crippen MR) is 73.6 cm³/mol. The lowest BCUT2D eigenvalue weighted by Gasteiger charge is -2.01. The van der Waals surface area contributed by atoms with E-state index in [0.717, 1.165) is 17.7 Å². The summed E-state index contributed by atoms with van der Waals surface area (Å²) in [4.78, 5) is 4.30. The number of hydrogen-bond donors (Lipinski definition) is 0. The zero-order valence-corrected chi connectivity index (χ0v) is 10.9. The molecule has 3 nitrogen and oxygen atoms in total. The highest BCUT2D eigenvalue weighted by Crippen LogP contribution is 2.19. The van der Waals surface area contributed by atoms with Gasteiger partial charge in [-0.15, -0.1) is 11.3 Å². The molecule has 0 saturated heterocycles. The summed E-state index contributed by atoms with van der Waals surface area (Å²) in [5, 5.41) is 6.28. The molecule has 0 aliphatic rings. The van der Waals surface area contributed by atoms with Crippen molar-refractivity contribution in [3.63, 3.8) is 0 Å². The second-order valence-electron chi connectivity index (χ2n) is 4.26. The van der Waals surface area contributed by atoms with Gasteiger partial charge in [-0.2, -0.15) is 5.10 Å². The third-order valence-corrected chi connectivity index (χ3v) is 3.50. The summed E-state index contributed by atoms with van der Waals surface area (Å²) in [6.45, 7) is 0. The first-order valence-electron chi connectivity index (χ1n) is 5.76. The zero-order valence-electron chi connectivity index (χ0n) is 10.1. The van der Waals surface area contributed by atoms with Crippen LogP contribution < -0.4 is 0 Å². The number of aromatic nitrogens is 3. The van der Waals surface area contributed by atoms with Crippen LogP contribution in [0.25, 0.3) is 11.1 Å². The maximum Gasteiger partial charge on any atom is 0.0794 e. The smallest absolute Gasteiger partial charge is 0.0794 e. The molecule has 2 heterocycles. The van der Waals surface area contributed by atoms with Crippen LogP contribution in [0.1, 0.15) is 11.3 Å². The molecule has 2 aromatic heterocycles. The van der Waals surface area contributed by atoms with E-state index in [4.69, 9.17) is 0 Å². The summed E-state index contributed by atoms with van der Waals surface area (Å²) in [5.74, 6) is 0. The van der Waals surface area contributed by atoms with Gasteiger partial charge >= 0.3 is 0 Å². The van der Waals surface area contributed by atoms with Crippen molar-refractivity contribution in [1.29, 1.82) is 0 Å². The molecule has 0 aliphatic heterocycles. The Morgan fingerprint density at radius 1 is 1.17 bits per heavy atom. The quantitative estimate of drug-likeness (QED) is 0.720. The fourth-order valence-corrected chi connectivity index (χ4v) is 2.48. The van der Waals surface area contributed by atoms with Crippen LogP contribution in [0, 0.1) is 0 Å². The SMILES string of the molecule is Cn1cc(-c2ccc(Cc3cscn3)cc2)cn1. The third kappa shape index (κ3) is 2.33. The second kappa shape index (κ2) is 4.74. The van der Waals surface area contributed by atoms with Crippen molar-refractivity contribution >= 4 is 11.3 Å². The molecular weight excluding hydrogens is 242 g/mol. The summed E-state index contributed by atoms with van der Waals surface area (Å²) in [5.41, 5.74) is 6.64. The highest BCUT2D eigenvalue weighted by molar-refractivity contribution is 7.07. The van der Waals surface area contributed by atoms with E-state index in [1.807, 2.05) is 29.6 Å². The fraction of sp³-hybridized carbons (Fsp3) is 0.143. The number of aryl methyl sites for hydroxylation is 1. The van der Waals surface area contributed by atoms with Crippen LogP contribution in [0.3, 0.4) is 0 Å². The van der Waals surface area contributed by atoms with E-state index in [2.05, 4.69) is 39.7 Å². The molecule has 0 amide bonds. The average molecular weight is 255 g/mol. The summed E-state index contributed by atoms with van der Waals surface area (Å²) in [6.07, 6.45) is 4.81. The van der Waals surface area contributed by atoms with Gasteiger partial charge in [0.1, 0.15) is 0 Å². The molecule has 0 unspecified atom stereocenters. The van der Waals surface area contributed by atoms with E-state index < -0.39 is 0 Å². The molecule has 0 saturated carbocycles. The first kappa shape index (κ1) is 11.2. The Labute approximate surface area is 110 Å². The largest absolute Gasteiger partial charge is 0.275 e. The van der Waals surface area contributed by atoms with Crippen LogP contribution in [0.15, 0.2) is 47.5 Å². The van der Waals surface area contributed by atoms with Gasteiger partial charge in [0.2, 0.25) is 0 Å². The number of thiazole rings is 1. The summed E-state index contributed by atoms with van der Waals surface area (Å²) < 4.78 is 1.82. The molecule has 90 valence electrons. The molecule has 18 heavy (non-hydrogen) atoms. The summed E-state index contributed by atoms with van der Waals surface area (Å²) in [6, 6.07) is 8.58. The van der Waals surface area contributed by atoms with Crippen molar-refractivity contribution in [3.05, 3.63) is 58.8 Å². The van der Waals surface area contributed by atoms with Crippen molar-refractivity contribution in [3.8, 4) is 11.1 Å². The van der Waals surface area contributed by atoms with Gasteiger partial charge in [0, 0.05) is 30.6 Å². The minimum absolute atomic E-state index is 0.900. The van der Waals surface area contributed by atoms with Crippen molar-refractivity contribution in [2.75, 3.05) is 0 Å². The van der Waals surface area contributed by atoms with Gasteiger partial charge in [0.15, 0.2) is 0 Å². The number of benzene rings is 1. The van der Waals surface area contributed by atoms with Gasteiger partial charge in [0.05, 0.1) is 17.4 Å². The lowest BCUT2D eigenvalue weighted by molar-refractivity contribution is 0.768. The molecule has 0 spiro atoms. The van der Waals surface area contributed by atoms with E-state index >= 15 is 0 Å². The molecule has 0 radical (unpaired) electrons. The predicted octanol–water partition coefficient (Wildman–Crippen LogP) is 3.13. The van der Waals surface area contributed by atoms with Crippen molar-refractivity contribution in [2.45, 2.75) is 6.42 Å². The lowest BCUT2D eigenvalue weighted by atomic mass is 10.0. The van der Waals surface area contributed by atoms with Gasteiger partial charge in [-0.25, -0.2) is 4.98 Å². The van der Waals surface area contributed by atoms with E-state index in [1.165, 1.54) is 11.1 Å². The highest BCUT2D eigenvalue weighted by atomic mass is 32.1. The van der Waals surface area contributed by atoms with Crippen LogP contribution >= 0.6 is 11.3 Å². The Balaban J connectivity index is 1.81. The average Bonchev–Trinajstić information content (AvgIpc) is 3.02. The monoisotopic (exact) mass is 255 g/mol. The lowest BCUT2D eigenvalue weighted by Crippen LogP contribution is -1.87. The second-order valence-corrected chi connectivity index (χ2v) is 4.97. The molecule has 0 N–H and O–H groups in total. The zero-order chi connectivity index (χ0) is 12.4. The van der Waals surface area contributed by atoms with Crippen molar-refractivity contribution in [2.24, 2.45) is 7.05 Å². The molecule has 1 aromatic carbocycles. The van der Waals surface area contributed by atoms with E-state index in [-0.39, 0.29) is 0 Å². The molecular formula is C14H13N3S. The van der Waals surface area contributed by atoms with Crippen LogP contribution in [-0.2, 0) is 13.5 Å². The minimum Gasteiger partial charge on any atom is -0.275 e. The molecule has 0 fully saturated rings. The molecule has 0 bridgehead atoms. The van der Waals surface area contributed by atoms with E-state index in [9.17, 15) is 0 Å². The molecule has 3 aromatic rings. The van der Waals surface area contributed by atoms with Crippen LogP contribution in [0.4, 0.5) is 0 Å². The Bertz CT molecular complexity index is 623. The normalized spacial score (nSPS) is 10.7. The Hall–Kier alpha value is -1.94. The molecule has 3 rings (SSSR count). The number of hydrogen-bond acceptors (Lipinski definition) is 3. The van der Waals surface area contributed by atoms with E-state index in [0.29, 0.717) is 0 Å². The van der Waals surface area contributed by atoms with Crippen LogP contribution in [0.5, 0.6) is 0 Å². The highest BCUT2D eigenvalue weighted by Gasteiger charge is 2.02. The Kier molecular flexibility index (Phi) is 2.94. The summed E-state index contributed by atoms with van der Waals surface area (Å²) in [7, 11) is 1.93. The Morgan fingerprint density at radius 3 is 2.61 bits per heavy atom. The van der Waals surface area contributed by atoms with E-state index in [1.54, 1.807) is 11.3 Å². The topological polar surface area (TPSA) is 30.7 Å². The first-order valence-corrected chi connectivity index (χ1v) is 6.70. The maximum absolute atomic E-state index is 4.30. The van der Waals surface area contributed by atoms with Gasteiger partial charge in [-0.1, -0.05) is 24.3 Å². The third-order valence-electron chi connectivity index (χ3n) is 2.86. The van der Waals surface area contributed by atoms with Crippen molar-refractivity contribution in [1.82, 2.24) is 14.8 Å². The maximum atomic E-state index is 4.30. The minimum atomic E-state index is 0.900. The first-order chi connectivity index (χ1) is 8.81. The number of rotatable bonds is 3. The van der Waals surface area contributed by atoms with Crippen LogP contribution in [-0.4, -0.2) is 14.8 Å². The van der Waals surface area contributed by atoms with Gasteiger partial charge in [-0.3, -0.25) is 4.68 Å². The Morgan fingerprint density at radius 2 is 2.00 bits per heavy atom. The van der Waals surface area contributed by atoms with Crippen LogP contribution in [0.2, 0.25) is 0 Å². The van der Waals surface area contributed by atoms with Gasteiger partial charge in [0.25, 0.3) is 0 Å². The molecule has 0 aliphatic carbocycles. The standard InChI is InChI=1S/C14H13N3S/c1-17-8-13(7-16-17)12-4-2-11(3-5-12)6-14-9-18-10-15-14/h2-5,7-10H,6H2,1H3. The van der Waals surface area contributed by atoms with Gasteiger partial charge < -0.3 is 0 Å². The van der Waals surface area contributed by atoms with Crippen molar-refractivity contribution < 1.29 is 0 Å².